The van der Waals surface area contributed by atoms with Crippen LogP contribution in [-0.2, 0) is 0 Å². The van der Waals surface area contributed by atoms with E-state index in [2.05, 4.69) is 0 Å². The second-order valence-corrected chi connectivity index (χ2v) is 5.30. The molecule has 1 aliphatic rings. The SMILES string of the molecule is O=C1c2cccc3c([N+](=O)[O-])ccc(c23)C(=O)N1CCCCl. The number of benzene rings is 2. The van der Waals surface area contributed by atoms with Gasteiger partial charge in [-0.2, -0.15) is 0 Å². The molecule has 0 aromatic heterocycles. The number of hydrogen-bond acceptors (Lipinski definition) is 4. The molecule has 0 atom stereocenters. The van der Waals surface area contributed by atoms with Crippen LogP contribution >= 0.6 is 11.6 Å². The van der Waals surface area contributed by atoms with Crippen LogP contribution in [0.3, 0.4) is 0 Å². The van der Waals surface area contributed by atoms with Crippen LogP contribution in [0.25, 0.3) is 10.8 Å². The molecule has 0 N–H and O–H groups in total. The van der Waals surface area contributed by atoms with E-state index in [0.717, 1.165) is 4.90 Å². The largest absolute Gasteiger partial charge is 0.277 e. The number of nitro groups is 1. The summed E-state index contributed by atoms with van der Waals surface area (Å²) in [6, 6.07) is 7.43. The van der Waals surface area contributed by atoms with Crippen LogP contribution in [0, 0.1) is 10.1 Å². The van der Waals surface area contributed by atoms with Crippen molar-refractivity contribution in [3.63, 3.8) is 0 Å². The van der Waals surface area contributed by atoms with Crippen molar-refractivity contribution in [1.82, 2.24) is 4.90 Å². The highest BCUT2D eigenvalue weighted by molar-refractivity contribution is 6.26. The molecule has 1 aliphatic heterocycles. The van der Waals surface area contributed by atoms with E-state index in [0.29, 0.717) is 34.2 Å². The van der Waals surface area contributed by atoms with Gasteiger partial charge in [-0.3, -0.25) is 24.6 Å². The van der Waals surface area contributed by atoms with E-state index in [4.69, 9.17) is 11.6 Å². The summed E-state index contributed by atoms with van der Waals surface area (Å²) >= 11 is 5.63. The molecule has 0 fully saturated rings. The first-order valence-electron chi connectivity index (χ1n) is 6.68. The van der Waals surface area contributed by atoms with E-state index in [9.17, 15) is 19.7 Å². The molecule has 0 saturated carbocycles. The number of imide groups is 1. The first-order chi connectivity index (χ1) is 10.6. The standard InChI is InChI=1S/C15H11ClN2O4/c16-7-2-8-17-14(19)10-4-1-3-9-12(18(21)22)6-5-11(13(9)10)15(17)20/h1,3-6H,2,7-8H2. The van der Waals surface area contributed by atoms with Crippen LogP contribution < -0.4 is 0 Å². The molecule has 112 valence electrons. The minimum absolute atomic E-state index is 0.115. The molecule has 7 heteroatoms. The highest BCUT2D eigenvalue weighted by Gasteiger charge is 2.34. The first-order valence-corrected chi connectivity index (χ1v) is 7.22. The van der Waals surface area contributed by atoms with E-state index in [1.54, 1.807) is 18.2 Å². The summed E-state index contributed by atoms with van der Waals surface area (Å²) in [6.07, 6.45) is 0.497. The van der Waals surface area contributed by atoms with E-state index in [1.165, 1.54) is 12.1 Å². The fraction of sp³-hybridized carbons (Fsp3) is 0.200. The van der Waals surface area contributed by atoms with Crippen LogP contribution in [0.15, 0.2) is 30.3 Å². The number of rotatable bonds is 4. The topological polar surface area (TPSA) is 80.5 Å². The maximum Gasteiger partial charge on any atom is 0.277 e. The number of amides is 2. The van der Waals surface area contributed by atoms with Crippen molar-refractivity contribution in [2.75, 3.05) is 12.4 Å². The number of carbonyl (C=O) groups is 2. The van der Waals surface area contributed by atoms with E-state index in [-0.39, 0.29) is 12.2 Å². The van der Waals surface area contributed by atoms with Gasteiger partial charge in [0.15, 0.2) is 0 Å². The van der Waals surface area contributed by atoms with E-state index < -0.39 is 16.7 Å². The Morgan fingerprint density at radius 2 is 1.77 bits per heavy atom. The number of hydrogen-bond donors (Lipinski definition) is 0. The molecule has 0 saturated heterocycles. The Morgan fingerprint density at radius 1 is 1.09 bits per heavy atom. The number of nitrogens with zero attached hydrogens (tertiary/aromatic N) is 2. The number of alkyl halides is 1. The predicted molar refractivity (Wildman–Crippen MR) is 81.3 cm³/mol. The van der Waals surface area contributed by atoms with Gasteiger partial charge in [-0.15, -0.1) is 11.6 Å². The molecule has 22 heavy (non-hydrogen) atoms. The predicted octanol–water partition coefficient (Wildman–Crippen LogP) is 2.97. The monoisotopic (exact) mass is 318 g/mol. The molecule has 0 radical (unpaired) electrons. The summed E-state index contributed by atoms with van der Waals surface area (Å²) in [7, 11) is 0. The van der Waals surface area contributed by atoms with Crippen LogP contribution in [0.1, 0.15) is 27.1 Å². The summed E-state index contributed by atoms with van der Waals surface area (Å²) in [5.41, 5.74) is 0.506. The maximum atomic E-state index is 12.5. The first kappa shape index (κ1) is 14.5. The highest BCUT2D eigenvalue weighted by atomic mass is 35.5. The van der Waals surface area contributed by atoms with Gasteiger partial charge in [0, 0.05) is 35.0 Å². The van der Waals surface area contributed by atoms with Crippen molar-refractivity contribution in [2.45, 2.75) is 6.42 Å². The van der Waals surface area contributed by atoms with Gasteiger partial charge in [-0.1, -0.05) is 6.07 Å². The lowest BCUT2D eigenvalue weighted by molar-refractivity contribution is -0.383. The van der Waals surface area contributed by atoms with Gasteiger partial charge in [0.05, 0.1) is 10.3 Å². The van der Waals surface area contributed by atoms with Crippen LogP contribution in [0.5, 0.6) is 0 Å². The summed E-state index contributed by atoms with van der Waals surface area (Å²) in [5.74, 6) is -0.531. The smallest absolute Gasteiger partial charge is 0.274 e. The van der Waals surface area contributed by atoms with Crippen LogP contribution in [0.4, 0.5) is 5.69 Å². The van der Waals surface area contributed by atoms with Crippen LogP contribution in [-0.4, -0.2) is 34.1 Å². The average molecular weight is 319 g/mol. The van der Waals surface area contributed by atoms with Gasteiger partial charge < -0.3 is 0 Å². The van der Waals surface area contributed by atoms with Gasteiger partial charge in [0.2, 0.25) is 0 Å². The van der Waals surface area contributed by atoms with Crippen molar-refractivity contribution in [3.8, 4) is 0 Å². The molecule has 6 nitrogen and oxygen atoms in total. The van der Waals surface area contributed by atoms with Crippen LogP contribution in [0.2, 0.25) is 0 Å². The second kappa shape index (κ2) is 5.38. The molecule has 0 bridgehead atoms. The minimum atomic E-state index is -0.516. The molecular weight excluding hydrogens is 308 g/mol. The number of halogens is 1. The third-order valence-electron chi connectivity index (χ3n) is 3.68. The van der Waals surface area contributed by atoms with E-state index in [1.807, 2.05) is 0 Å². The maximum absolute atomic E-state index is 12.5. The third-order valence-corrected chi connectivity index (χ3v) is 3.95. The molecule has 2 amide bonds. The number of non-ortho nitro benzene ring substituents is 1. The lowest BCUT2D eigenvalue weighted by Crippen LogP contribution is -2.41. The zero-order chi connectivity index (χ0) is 15.9. The summed E-state index contributed by atoms with van der Waals surface area (Å²) in [6.45, 7) is 0.230. The van der Waals surface area contributed by atoms with Gasteiger partial charge in [-0.25, -0.2) is 0 Å². The lowest BCUT2D eigenvalue weighted by atomic mass is 9.93. The van der Waals surface area contributed by atoms with E-state index >= 15 is 0 Å². The number of nitro benzene ring substituents is 1. The van der Waals surface area contributed by atoms with Crippen molar-refractivity contribution >= 4 is 39.9 Å². The van der Waals surface area contributed by atoms with Crippen molar-refractivity contribution < 1.29 is 14.5 Å². The number of carbonyl (C=O) groups excluding carboxylic acids is 2. The zero-order valence-electron chi connectivity index (χ0n) is 11.4. The summed E-state index contributed by atoms with van der Waals surface area (Å²) in [4.78, 5) is 36.7. The van der Waals surface area contributed by atoms with Gasteiger partial charge in [0.1, 0.15) is 0 Å². The van der Waals surface area contributed by atoms with Gasteiger partial charge in [0.25, 0.3) is 17.5 Å². The Labute approximate surface area is 130 Å². The molecule has 0 unspecified atom stereocenters. The fourth-order valence-corrected chi connectivity index (χ4v) is 2.83. The molecule has 0 aliphatic carbocycles. The molecular formula is C15H11ClN2O4. The highest BCUT2D eigenvalue weighted by Crippen LogP contribution is 2.35. The Morgan fingerprint density at radius 3 is 2.41 bits per heavy atom. The van der Waals surface area contributed by atoms with Gasteiger partial charge >= 0.3 is 0 Å². The molecule has 0 spiro atoms. The Bertz CT molecular complexity index is 796. The third kappa shape index (κ3) is 2.03. The molecule has 3 rings (SSSR count). The fourth-order valence-electron chi connectivity index (χ4n) is 2.71. The quantitative estimate of drug-likeness (QED) is 0.375. The van der Waals surface area contributed by atoms with Crippen molar-refractivity contribution in [3.05, 3.63) is 51.6 Å². The van der Waals surface area contributed by atoms with Gasteiger partial charge in [-0.05, 0) is 24.6 Å². The lowest BCUT2D eigenvalue weighted by Gasteiger charge is -2.26. The Balaban J connectivity index is 2.25. The van der Waals surface area contributed by atoms with Crippen molar-refractivity contribution in [1.29, 1.82) is 0 Å². The summed E-state index contributed by atoms with van der Waals surface area (Å²) in [5, 5.41) is 11.8. The molecule has 2 aromatic rings. The molecule has 2 aromatic carbocycles. The molecule has 1 heterocycles. The Kier molecular flexibility index (Phi) is 3.54. The second-order valence-electron chi connectivity index (χ2n) is 4.92. The zero-order valence-corrected chi connectivity index (χ0v) is 12.2. The average Bonchev–Trinajstić information content (AvgIpc) is 2.51. The normalized spacial score (nSPS) is 13.8. The van der Waals surface area contributed by atoms with Crippen molar-refractivity contribution in [2.24, 2.45) is 0 Å². The summed E-state index contributed by atoms with van der Waals surface area (Å²) < 4.78 is 0. The minimum Gasteiger partial charge on any atom is -0.274 e. The Hall–Kier alpha value is -2.47.